The summed E-state index contributed by atoms with van der Waals surface area (Å²) >= 11 is 0. The molecule has 0 fully saturated rings. The molecule has 11 N–H and O–H groups in total. The second-order valence-electron chi connectivity index (χ2n) is 31.4. The fourth-order valence-corrected chi connectivity index (χ4v) is 13.7. The van der Waals surface area contributed by atoms with Gasteiger partial charge in [0.2, 0.25) is 0 Å². The van der Waals surface area contributed by atoms with Crippen molar-refractivity contribution >= 4 is 0 Å². The van der Waals surface area contributed by atoms with Gasteiger partial charge in [0.05, 0.1) is 76.6 Å². The van der Waals surface area contributed by atoms with Crippen molar-refractivity contribution in [1.29, 1.82) is 0 Å². The van der Waals surface area contributed by atoms with Crippen LogP contribution in [-0.4, -0.2) is 305 Å². The summed E-state index contributed by atoms with van der Waals surface area (Å²) in [6.07, 6.45) is 46.8. The average molecular weight is 1450 g/mol. The molecule has 8 unspecified atom stereocenters. The van der Waals surface area contributed by atoms with Gasteiger partial charge in [0.25, 0.3) is 0 Å². The molecule has 0 aromatic rings. The highest BCUT2D eigenvalue weighted by Gasteiger charge is 2.22. The zero-order chi connectivity index (χ0) is 76.4. The molecule has 0 aliphatic carbocycles. The Morgan fingerprint density at radius 3 is 0.792 bits per heavy atom. The van der Waals surface area contributed by atoms with E-state index in [1.54, 1.807) is 0 Å². The summed E-state index contributed by atoms with van der Waals surface area (Å²) < 4.78 is 0.884. The second kappa shape index (κ2) is 80.3. The van der Waals surface area contributed by atoms with Gasteiger partial charge in [0.15, 0.2) is 0 Å². The molecule has 0 aromatic heterocycles. The van der Waals surface area contributed by atoms with Gasteiger partial charge in [-0.05, 0) is 118 Å². The summed E-state index contributed by atoms with van der Waals surface area (Å²) in [5, 5.41) is 108. The van der Waals surface area contributed by atoms with Gasteiger partial charge in [0, 0.05) is 85.0 Å². The third kappa shape index (κ3) is 81.6. The van der Waals surface area contributed by atoms with Crippen molar-refractivity contribution in [3.8, 4) is 0 Å². The zero-order valence-corrected chi connectivity index (χ0v) is 69.5. The minimum atomic E-state index is -0.347. The standard InChI is InChI=1S/C38H81N2O2.C17H38N2O4.C15H34N2O2.C13H29NO3/c1-6-8-10-12-14-16-18-20-22-24-26-28-31-37(41)35-39(3)33-30-34-40(4,5)36-38(42)32-29-27-25-23-21-19-17-15-13-11-9-7-2;1-3-6-16(22)14-19(15-17(23)7-4-2)9-5-8-18(10-12-20)11-13-21;1-5-8-14(18)12-17(11-7-10-16(3)4)13-15(19)9-6-2;1-3-6-12(16)10-14(8-5-9-15)11-13(17)7-4-2/h37-38,41-42H,6-36H2,1-5H3;16-17,20-23H,3-15H2,1-2H3;14-15,18-19H,5-13H2,1-4H3;12-13,15-17H,3-11H2,1-2H3/q+1;;;. The van der Waals surface area contributed by atoms with Gasteiger partial charge in [-0.25, -0.2) is 0 Å². The normalized spacial score (nSPS) is 14.4. The van der Waals surface area contributed by atoms with Crippen molar-refractivity contribution in [2.45, 2.75) is 374 Å². The van der Waals surface area contributed by atoms with Crippen molar-refractivity contribution in [2.75, 3.05) is 166 Å². The SMILES string of the molecule is CCCC(O)CN(CCCN(C)C)CC(O)CCC.CCCC(O)CN(CCCN(CCO)CCO)CC(O)CCC.CCCC(O)CN(CCCO)CC(O)CCC.CCCCCCCCCCCCCCC(O)CN(C)CCC[N+](C)(C)CC(O)CCCCCCCCCCCCCC. The molecule has 101 heavy (non-hydrogen) atoms. The molecule has 0 aliphatic heterocycles. The van der Waals surface area contributed by atoms with Crippen LogP contribution >= 0.6 is 0 Å². The van der Waals surface area contributed by atoms with Crippen LogP contribution in [0.4, 0.5) is 0 Å². The van der Waals surface area contributed by atoms with Gasteiger partial charge in [-0.15, -0.1) is 0 Å². The molecule has 0 heterocycles. The van der Waals surface area contributed by atoms with Crippen molar-refractivity contribution in [2.24, 2.45) is 0 Å². The van der Waals surface area contributed by atoms with Crippen molar-refractivity contribution in [1.82, 2.24) is 29.4 Å². The van der Waals surface area contributed by atoms with E-state index in [1.165, 1.54) is 141 Å². The van der Waals surface area contributed by atoms with E-state index >= 15 is 0 Å². The number of hydrogen-bond donors (Lipinski definition) is 11. The Balaban J connectivity index is -0.000000673. The third-order valence-corrected chi connectivity index (χ3v) is 19.4. The minimum absolute atomic E-state index is 0.0914. The highest BCUT2D eigenvalue weighted by molar-refractivity contribution is 4.73. The minimum Gasteiger partial charge on any atom is -0.396 e. The Labute approximate surface area is 627 Å². The Morgan fingerprint density at radius 2 is 0.505 bits per heavy atom. The van der Waals surface area contributed by atoms with E-state index < -0.39 is 0 Å². The van der Waals surface area contributed by atoms with Gasteiger partial charge in [-0.1, -0.05) is 248 Å². The molecule has 0 saturated heterocycles. The highest BCUT2D eigenvalue weighted by Crippen LogP contribution is 2.17. The van der Waals surface area contributed by atoms with Crippen LogP contribution in [0.2, 0.25) is 0 Å². The quantitative estimate of drug-likeness (QED) is 0.0200. The number of quaternary nitrogens is 1. The fourth-order valence-electron chi connectivity index (χ4n) is 13.7. The van der Waals surface area contributed by atoms with Crippen LogP contribution in [0, 0.1) is 0 Å². The topological polar surface area (TPSA) is 242 Å². The molecule has 18 nitrogen and oxygen atoms in total. The van der Waals surface area contributed by atoms with E-state index in [4.69, 9.17) is 15.3 Å². The van der Waals surface area contributed by atoms with E-state index in [0.717, 1.165) is 185 Å². The van der Waals surface area contributed by atoms with Gasteiger partial charge >= 0.3 is 0 Å². The van der Waals surface area contributed by atoms with Crippen molar-refractivity contribution < 1.29 is 60.7 Å². The van der Waals surface area contributed by atoms with Crippen LogP contribution < -0.4 is 0 Å². The summed E-state index contributed by atoms with van der Waals surface area (Å²) in [7, 11) is 10.8. The lowest BCUT2D eigenvalue weighted by molar-refractivity contribution is -0.893. The lowest BCUT2D eigenvalue weighted by atomic mass is 10.0. The molecule has 18 heteroatoms. The van der Waals surface area contributed by atoms with E-state index in [-0.39, 0.29) is 68.7 Å². The number of aliphatic hydroxyl groups is 11. The fraction of sp³-hybridized carbons (Fsp3) is 1.00. The number of aliphatic hydroxyl groups excluding tert-OH is 11. The number of nitrogens with zero attached hydrogens (tertiary/aromatic N) is 7. The van der Waals surface area contributed by atoms with Gasteiger partial charge in [-0.3, -0.25) is 19.6 Å². The first kappa shape index (κ1) is 107. The molecular formula is C83H182N7O11+. The predicted molar refractivity (Wildman–Crippen MR) is 432 cm³/mol. The maximum absolute atomic E-state index is 10.6. The molecule has 0 amide bonds. The molecule has 0 rings (SSSR count). The van der Waals surface area contributed by atoms with E-state index in [2.05, 4.69) is 101 Å². The maximum Gasteiger partial charge on any atom is 0.105 e. The molecular weight excluding hydrogens is 1270 g/mol. The first-order valence-electron chi connectivity index (χ1n) is 42.8. The van der Waals surface area contributed by atoms with Gasteiger partial charge in [-0.2, -0.15) is 0 Å². The van der Waals surface area contributed by atoms with Crippen molar-refractivity contribution in [3.63, 3.8) is 0 Å². The molecule has 0 spiro atoms. The molecule has 0 radical (unpaired) electrons. The Bertz CT molecular complexity index is 1520. The van der Waals surface area contributed by atoms with Gasteiger partial charge in [0.1, 0.15) is 12.6 Å². The molecule has 0 aliphatic rings. The summed E-state index contributed by atoms with van der Waals surface area (Å²) in [5.41, 5.74) is 0. The van der Waals surface area contributed by atoms with E-state index in [1.807, 2.05) is 18.7 Å². The van der Waals surface area contributed by atoms with E-state index in [9.17, 15) is 40.9 Å². The first-order valence-corrected chi connectivity index (χ1v) is 42.8. The van der Waals surface area contributed by atoms with E-state index in [0.29, 0.717) is 58.8 Å². The summed E-state index contributed by atoms with van der Waals surface area (Å²) in [6, 6.07) is 0. The lowest BCUT2D eigenvalue weighted by Crippen LogP contribution is -2.46. The van der Waals surface area contributed by atoms with Crippen LogP contribution in [0.25, 0.3) is 0 Å². The van der Waals surface area contributed by atoms with Crippen LogP contribution in [0.1, 0.15) is 325 Å². The zero-order valence-electron chi connectivity index (χ0n) is 69.5. The summed E-state index contributed by atoms with van der Waals surface area (Å²) in [5.74, 6) is 0. The van der Waals surface area contributed by atoms with Crippen LogP contribution in [0.3, 0.4) is 0 Å². The average Bonchev–Trinajstić information content (AvgIpc) is 0.983. The second-order valence-corrected chi connectivity index (χ2v) is 31.4. The van der Waals surface area contributed by atoms with Crippen LogP contribution in [-0.2, 0) is 0 Å². The predicted octanol–water partition coefficient (Wildman–Crippen LogP) is 13.1. The molecule has 0 saturated carbocycles. The first-order chi connectivity index (χ1) is 48.5. The number of rotatable bonds is 73. The largest absolute Gasteiger partial charge is 0.396 e. The Hall–Kier alpha value is -0.720. The molecule has 0 bridgehead atoms. The van der Waals surface area contributed by atoms with Crippen LogP contribution in [0.15, 0.2) is 0 Å². The lowest BCUT2D eigenvalue weighted by Gasteiger charge is -2.32. The van der Waals surface area contributed by atoms with Crippen molar-refractivity contribution in [3.05, 3.63) is 0 Å². The summed E-state index contributed by atoms with van der Waals surface area (Å²) in [6.45, 7) is 30.2. The Kier molecular flexibility index (Phi) is 84.8. The Morgan fingerprint density at radius 1 is 0.238 bits per heavy atom. The smallest absolute Gasteiger partial charge is 0.105 e. The summed E-state index contributed by atoms with van der Waals surface area (Å²) in [4.78, 5) is 12.9. The third-order valence-electron chi connectivity index (χ3n) is 19.4. The molecule has 614 valence electrons. The monoisotopic (exact) mass is 1450 g/mol. The maximum atomic E-state index is 10.6. The molecule has 8 atom stereocenters. The number of hydrogen-bond acceptors (Lipinski definition) is 17. The molecule has 0 aromatic carbocycles. The van der Waals surface area contributed by atoms with Crippen LogP contribution in [0.5, 0.6) is 0 Å². The highest BCUT2D eigenvalue weighted by atomic mass is 16.3. The van der Waals surface area contributed by atoms with Gasteiger partial charge < -0.3 is 70.5 Å². The number of unbranched alkanes of at least 4 members (excludes halogenated alkanes) is 22. The number of likely N-dealkylation sites (N-methyl/N-ethyl adjacent to an activating group) is 2.